The van der Waals surface area contributed by atoms with E-state index >= 15 is 0 Å². The average molecular weight is 297 g/mol. The molecule has 0 atom stereocenters. The number of halogens is 2. The molecule has 3 nitrogen and oxygen atoms in total. The lowest BCUT2D eigenvalue weighted by atomic mass is 10.1. The van der Waals surface area contributed by atoms with Gasteiger partial charge in [-0.15, -0.1) is 0 Å². The second kappa shape index (κ2) is 7.41. The Balaban J connectivity index is 2.07. The summed E-state index contributed by atoms with van der Waals surface area (Å²) in [7, 11) is 0. The molecule has 2 rings (SSSR count). The Morgan fingerprint density at radius 1 is 1.38 bits per heavy atom. The Bertz CT molecular complexity index is 499. The zero-order valence-electron chi connectivity index (χ0n) is 12.4. The lowest BCUT2D eigenvalue weighted by Gasteiger charge is -2.12. The molecule has 0 aliphatic heterocycles. The number of hydrogen-bond donors (Lipinski definition) is 1. The van der Waals surface area contributed by atoms with Gasteiger partial charge in [0.1, 0.15) is 0 Å². The maximum atomic E-state index is 12.3. The Labute approximate surface area is 123 Å². The van der Waals surface area contributed by atoms with Crippen LogP contribution in [0.4, 0.5) is 8.78 Å². The van der Waals surface area contributed by atoms with Gasteiger partial charge in [0, 0.05) is 12.6 Å². The van der Waals surface area contributed by atoms with E-state index in [1.807, 2.05) is 13.0 Å². The Kier molecular flexibility index (Phi) is 5.56. The molecule has 0 unspecified atom stereocenters. The van der Waals surface area contributed by atoms with Crippen molar-refractivity contribution in [2.24, 2.45) is 0 Å². The van der Waals surface area contributed by atoms with Crippen molar-refractivity contribution in [3.8, 4) is 11.5 Å². The van der Waals surface area contributed by atoms with Crippen molar-refractivity contribution >= 4 is 6.08 Å². The Hall–Kier alpha value is -1.62. The molecule has 0 bridgehead atoms. The van der Waals surface area contributed by atoms with Crippen LogP contribution in [0.25, 0.3) is 6.08 Å². The number of hydrogen-bond acceptors (Lipinski definition) is 3. The largest absolute Gasteiger partial charge is 0.490 e. The predicted octanol–water partition coefficient (Wildman–Crippen LogP) is 3.84. The minimum absolute atomic E-state index is 0.0674. The number of rotatable bonds is 8. The van der Waals surface area contributed by atoms with Crippen molar-refractivity contribution in [1.29, 1.82) is 0 Å². The van der Waals surface area contributed by atoms with Crippen molar-refractivity contribution < 1.29 is 18.3 Å². The van der Waals surface area contributed by atoms with E-state index in [2.05, 4.69) is 10.1 Å². The van der Waals surface area contributed by atoms with Crippen molar-refractivity contribution in [3.63, 3.8) is 0 Å². The third-order valence-electron chi connectivity index (χ3n) is 3.14. The summed E-state index contributed by atoms with van der Waals surface area (Å²) in [6.45, 7) is 2.23. The topological polar surface area (TPSA) is 30.5 Å². The molecule has 1 aromatic rings. The molecule has 1 aromatic carbocycles. The number of alkyl halides is 2. The summed E-state index contributed by atoms with van der Waals surface area (Å²) < 4.78 is 34.5. The average Bonchev–Trinajstić information content (AvgIpc) is 3.23. The maximum Gasteiger partial charge on any atom is 0.387 e. The fourth-order valence-corrected chi connectivity index (χ4v) is 2.00. The van der Waals surface area contributed by atoms with Crippen LogP contribution in [-0.2, 0) is 0 Å². The molecule has 116 valence electrons. The molecule has 0 radical (unpaired) electrons. The second-order valence-corrected chi connectivity index (χ2v) is 5.16. The van der Waals surface area contributed by atoms with Crippen LogP contribution in [0.15, 0.2) is 23.8 Å². The van der Waals surface area contributed by atoms with Gasteiger partial charge in [-0.2, -0.15) is 8.78 Å². The molecule has 1 N–H and O–H groups in total. The summed E-state index contributed by atoms with van der Waals surface area (Å²) in [5, 5.41) is 3.43. The van der Waals surface area contributed by atoms with Gasteiger partial charge in [0.2, 0.25) is 0 Å². The highest BCUT2D eigenvalue weighted by molar-refractivity contribution is 5.58. The first-order valence-electron chi connectivity index (χ1n) is 7.20. The maximum absolute atomic E-state index is 12.3. The summed E-state index contributed by atoms with van der Waals surface area (Å²) >= 11 is 0. The van der Waals surface area contributed by atoms with Crippen LogP contribution in [0.5, 0.6) is 11.5 Å². The molecular weight excluding hydrogens is 276 g/mol. The van der Waals surface area contributed by atoms with Crippen LogP contribution in [0.3, 0.4) is 0 Å². The quantitative estimate of drug-likeness (QED) is 0.791. The van der Waals surface area contributed by atoms with E-state index in [-0.39, 0.29) is 5.75 Å². The van der Waals surface area contributed by atoms with Crippen molar-refractivity contribution in [3.05, 3.63) is 29.3 Å². The predicted molar refractivity (Wildman–Crippen MR) is 78.9 cm³/mol. The van der Waals surface area contributed by atoms with E-state index in [0.29, 0.717) is 18.4 Å². The molecule has 0 spiro atoms. The zero-order valence-corrected chi connectivity index (χ0v) is 12.4. The van der Waals surface area contributed by atoms with E-state index in [1.54, 1.807) is 19.1 Å². The van der Waals surface area contributed by atoms with Crippen molar-refractivity contribution in [2.45, 2.75) is 39.3 Å². The van der Waals surface area contributed by atoms with Crippen LogP contribution in [-0.4, -0.2) is 25.8 Å². The minimum atomic E-state index is -2.85. The van der Waals surface area contributed by atoms with Gasteiger partial charge in [0.25, 0.3) is 0 Å². The monoisotopic (exact) mass is 297 g/mol. The van der Waals surface area contributed by atoms with Crippen molar-refractivity contribution in [2.75, 3.05) is 13.2 Å². The number of nitrogens with one attached hydrogen (secondary N) is 1. The number of benzene rings is 1. The van der Waals surface area contributed by atoms with Gasteiger partial charge in [0.15, 0.2) is 11.5 Å². The third-order valence-corrected chi connectivity index (χ3v) is 3.14. The molecule has 0 saturated heterocycles. The summed E-state index contributed by atoms with van der Waals surface area (Å²) in [6.07, 6.45) is 4.52. The summed E-state index contributed by atoms with van der Waals surface area (Å²) in [4.78, 5) is 0. The summed E-state index contributed by atoms with van der Waals surface area (Å²) in [6, 6.07) is 5.65. The molecular formula is C16H21F2NO2. The lowest BCUT2D eigenvalue weighted by Crippen LogP contribution is -2.18. The van der Waals surface area contributed by atoms with E-state index in [9.17, 15) is 8.78 Å². The second-order valence-electron chi connectivity index (χ2n) is 5.16. The molecule has 0 heterocycles. The van der Waals surface area contributed by atoms with Crippen LogP contribution in [0.1, 0.15) is 32.3 Å². The van der Waals surface area contributed by atoms with Gasteiger partial charge in [-0.3, -0.25) is 0 Å². The summed E-state index contributed by atoms with van der Waals surface area (Å²) in [5.41, 5.74) is 2.10. The van der Waals surface area contributed by atoms with Gasteiger partial charge in [-0.25, -0.2) is 0 Å². The van der Waals surface area contributed by atoms with Crippen LogP contribution in [0.2, 0.25) is 0 Å². The third kappa shape index (κ3) is 5.34. The van der Waals surface area contributed by atoms with E-state index in [4.69, 9.17) is 4.74 Å². The zero-order chi connectivity index (χ0) is 15.2. The first-order valence-corrected chi connectivity index (χ1v) is 7.20. The van der Waals surface area contributed by atoms with Crippen LogP contribution in [0, 0.1) is 0 Å². The molecule has 1 aliphatic carbocycles. The van der Waals surface area contributed by atoms with Crippen molar-refractivity contribution in [1.82, 2.24) is 5.32 Å². The van der Waals surface area contributed by atoms with Gasteiger partial charge in [0.05, 0.1) is 6.61 Å². The molecule has 1 fully saturated rings. The smallest absolute Gasteiger partial charge is 0.387 e. The highest BCUT2D eigenvalue weighted by Gasteiger charge is 2.19. The molecule has 1 saturated carbocycles. The van der Waals surface area contributed by atoms with Gasteiger partial charge >= 0.3 is 6.61 Å². The molecule has 21 heavy (non-hydrogen) atoms. The summed E-state index contributed by atoms with van der Waals surface area (Å²) in [5.74, 6) is 0.410. The standard InChI is InChI=1S/C16H21F2NO2/c1-3-20-15-9-12(4-7-14(15)21-16(17)18)8-11(2)10-19-13-5-6-13/h4,7-9,13,16,19H,3,5-6,10H2,1-2H3. The highest BCUT2D eigenvalue weighted by Crippen LogP contribution is 2.30. The number of ether oxygens (including phenoxy) is 2. The fourth-order valence-electron chi connectivity index (χ4n) is 2.00. The fraction of sp³-hybridized carbons (Fsp3) is 0.500. The van der Waals surface area contributed by atoms with E-state index in [0.717, 1.165) is 12.1 Å². The lowest BCUT2D eigenvalue weighted by molar-refractivity contribution is -0.0514. The van der Waals surface area contributed by atoms with Gasteiger partial charge in [-0.1, -0.05) is 17.7 Å². The normalized spacial score (nSPS) is 15.4. The molecule has 0 aromatic heterocycles. The molecule has 0 amide bonds. The first kappa shape index (κ1) is 15.8. The minimum Gasteiger partial charge on any atom is -0.490 e. The molecule has 1 aliphatic rings. The van der Waals surface area contributed by atoms with E-state index < -0.39 is 6.61 Å². The SMILES string of the molecule is CCOc1cc(C=C(C)CNC2CC2)ccc1OC(F)F. The van der Waals surface area contributed by atoms with Gasteiger partial charge in [-0.05, 0) is 44.4 Å². The molecule has 5 heteroatoms. The Morgan fingerprint density at radius 2 is 2.14 bits per heavy atom. The first-order chi connectivity index (χ1) is 10.1. The Morgan fingerprint density at radius 3 is 2.76 bits per heavy atom. The van der Waals surface area contributed by atoms with Gasteiger partial charge < -0.3 is 14.8 Å². The van der Waals surface area contributed by atoms with E-state index in [1.165, 1.54) is 24.5 Å². The highest BCUT2D eigenvalue weighted by atomic mass is 19.3. The van der Waals surface area contributed by atoms with Crippen LogP contribution < -0.4 is 14.8 Å². The van der Waals surface area contributed by atoms with Crippen LogP contribution >= 0.6 is 0 Å².